The number of hydrazine groups is 1. The van der Waals surface area contributed by atoms with Crippen LogP contribution in [0.4, 0.5) is 0 Å². The van der Waals surface area contributed by atoms with Crippen molar-refractivity contribution < 1.29 is 22.7 Å². The lowest BCUT2D eigenvalue weighted by Crippen LogP contribution is -2.41. The third-order valence-electron chi connectivity index (χ3n) is 5.74. The Morgan fingerprint density at radius 3 is 2.55 bits per heavy atom. The first-order valence-electron chi connectivity index (χ1n) is 11.9. The summed E-state index contributed by atoms with van der Waals surface area (Å²) in [6.07, 6.45) is 0. The molecule has 208 valence electrons. The third-order valence-corrected chi connectivity index (χ3v) is 12.6. The van der Waals surface area contributed by atoms with Gasteiger partial charge in [-0.05, 0) is 35.9 Å². The van der Waals surface area contributed by atoms with Gasteiger partial charge in [0.2, 0.25) is 0 Å². The topological polar surface area (TPSA) is 126 Å². The molecule has 1 aliphatic heterocycles. The standard InChI is InChI=1S/C26H24N4O5S5/c1-35-19-4-2-3-18(13-19)23(31)27-14-20-9-10-22(39-20)40(33,34)30-29-24(32)21-15-38-25(28-21)16-5-7-17(8-6-16)26-36-11-12-37-26/h2-10,13,15,26,30H,11-12,14H2,1H3,(H,27,31)(H,29,32). The summed E-state index contributed by atoms with van der Waals surface area (Å²) in [6, 6.07) is 17.9. The van der Waals surface area contributed by atoms with Gasteiger partial charge in [-0.15, -0.1) is 51.0 Å². The molecule has 0 radical (unpaired) electrons. The summed E-state index contributed by atoms with van der Waals surface area (Å²) in [5.74, 6) is 1.90. The first-order chi connectivity index (χ1) is 19.3. The quantitative estimate of drug-likeness (QED) is 0.211. The number of carbonyl (C=O) groups excluding carboxylic acids is 2. The van der Waals surface area contributed by atoms with Gasteiger partial charge in [0.25, 0.3) is 21.8 Å². The first kappa shape index (κ1) is 28.6. The summed E-state index contributed by atoms with van der Waals surface area (Å²) in [7, 11) is -2.50. The van der Waals surface area contributed by atoms with E-state index in [0.717, 1.165) is 28.4 Å². The van der Waals surface area contributed by atoms with E-state index in [9.17, 15) is 18.0 Å². The fourth-order valence-corrected chi connectivity index (χ4v) is 9.50. The molecule has 3 N–H and O–H groups in total. The zero-order chi connectivity index (χ0) is 28.1. The van der Waals surface area contributed by atoms with Crippen molar-refractivity contribution in [2.24, 2.45) is 0 Å². The summed E-state index contributed by atoms with van der Waals surface area (Å²) < 4.78 is 31.1. The number of ether oxygens (including phenoxy) is 1. The molecule has 1 saturated heterocycles. The molecule has 0 aliphatic carbocycles. The molecule has 1 fully saturated rings. The summed E-state index contributed by atoms with van der Waals surface area (Å²) in [6.45, 7) is 0.142. The van der Waals surface area contributed by atoms with Gasteiger partial charge < -0.3 is 10.1 Å². The highest BCUT2D eigenvalue weighted by molar-refractivity contribution is 8.19. The molecule has 3 heterocycles. The largest absolute Gasteiger partial charge is 0.497 e. The average molecular weight is 633 g/mol. The molecule has 14 heteroatoms. The Kier molecular flexibility index (Phi) is 9.13. The number of thiophene rings is 1. The van der Waals surface area contributed by atoms with E-state index >= 15 is 0 Å². The molecule has 0 unspecified atom stereocenters. The maximum Gasteiger partial charge on any atom is 0.285 e. The molecule has 0 atom stereocenters. The van der Waals surface area contributed by atoms with Crippen LogP contribution < -0.4 is 20.3 Å². The zero-order valence-corrected chi connectivity index (χ0v) is 25.2. The van der Waals surface area contributed by atoms with Gasteiger partial charge in [-0.25, -0.2) is 13.4 Å². The monoisotopic (exact) mass is 632 g/mol. The number of sulfonamides is 1. The zero-order valence-electron chi connectivity index (χ0n) is 21.1. The number of hydrogen-bond donors (Lipinski definition) is 3. The fourth-order valence-electron chi connectivity index (χ4n) is 3.70. The Labute approximate surface area is 248 Å². The van der Waals surface area contributed by atoms with E-state index in [2.05, 4.69) is 32.7 Å². The van der Waals surface area contributed by atoms with Gasteiger partial charge in [0, 0.05) is 32.9 Å². The van der Waals surface area contributed by atoms with Crippen molar-refractivity contribution in [1.29, 1.82) is 0 Å². The van der Waals surface area contributed by atoms with Crippen molar-refractivity contribution in [2.75, 3.05) is 18.6 Å². The fraction of sp³-hybridized carbons (Fsp3) is 0.192. The molecule has 0 bridgehead atoms. The smallest absolute Gasteiger partial charge is 0.285 e. The number of hydrogen-bond acceptors (Lipinski definition) is 10. The average Bonchev–Trinajstić information content (AvgIpc) is 3.77. The number of nitrogens with zero attached hydrogens (tertiary/aromatic N) is 1. The maximum absolute atomic E-state index is 12.7. The van der Waals surface area contributed by atoms with Crippen LogP contribution in [0.5, 0.6) is 5.75 Å². The summed E-state index contributed by atoms with van der Waals surface area (Å²) in [5, 5.41) is 5.02. The van der Waals surface area contributed by atoms with E-state index < -0.39 is 15.9 Å². The molecule has 0 saturated carbocycles. The van der Waals surface area contributed by atoms with E-state index in [1.165, 1.54) is 30.1 Å². The van der Waals surface area contributed by atoms with Crippen molar-refractivity contribution in [3.63, 3.8) is 0 Å². The molecule has 2 amide bonds. The minimum Gasteiger partial charge on any atom is -0.497 e. The molecule has 1 aliphatic rings. The van der Waals surface area contributed by atoms with Gasteiger partial charge in [0.15, 0.2) is 0 Å². The van der Waals surface area contributed by atoms with Gasteiger partial charge in [0.05, 0.1) is 18.2 Å². The highest BCUT2D eigenvalue weighted by atomic mass is 32.2. The minimum atomic E-state index is -4.02. The number of carbonyl (C=O) groups is 2. The lowest BCUT2D eigenvalue weighted by Gasteiger charge is -2.08. The predicted molar refractivity (Wildman–Crippen MR) is 161 cm³/mol. The van der Waals surface area contributed by atoms with Crippen LogP contribution in [0.3, 0.4) is 0 Å². The number of methoxy groups -OCH3 is 1. The van der Waals surface area contributed by atoms with E-state index in [0.29, 0.717) is 25.8 Å². The Balaban J connectivity index is 1.15. The maximum atomic E-state index is 12.7. The van der Waals surface area contributed by atoms with Crippen molar-refractivity contribution in [2.45, 2.75) is 15.3 Å². The molecule has 2 aromatic carbocycles. The van der Waals surface area contributed by atoms with E-state index in [4.69, 9.17) is 4.74 Å². The van der Waals surface area contributed by atoms with E-state index in [-0.39, 0.29) is 22.4 Å². The van der Waals surface area contributed by atoms with Crippen LogP contribution in [-0.2, 0) is 16.6 Å². The van der Waals surface area contributed by atoms with Crippen molar-refractivity contribution in [3.8, 4) is 16.3 Å². The lowest BCUT2D eigenvalue weighted by atomic mass is 10.1. The lowest BCUT2D eigenvalue weighted by molar-refractivity contribution is 0.0936. The predicted octanol–water partition coefficient (Wildman–Crippen LogP) is 4.91. The number of aromatic nitrogens is 1. The number of thiazole rings is 1. The summed E-state index contributed by atoms with van der Waals surface area (Å²) in [4.78, 5) is 32.1. The Bertz CT molecular complexity index is 1610. The van der Waals surface area contributed by atoms with Gasteiger partial charge in [-0.1, -0.05) is 30.3 Å². The molecular weight excluding hydrogens is 609 g/mol. The number of benzene rings is 2. The van der Waals surface area contributed by atoms with Gasteiger partial charge in [0.1, 0.15) is 20.7 Å². The van der Waals surface area contributed by atoms with Crippen molar-refractivity contribution >= 4 is 68.0 Å². The van der Waals surface area contributed by atoms with Crippen LogP contribution >= 0.6 is 46.2 Å². The Morgan fingerprint density at radius 2 is 1.80 bits per heavy atom. The van der Waals surface area contributed by atoms with E-state index in [1.807, 2.05) is 35.7 Å². The van der Waals surface area contributed by atoms with Crippen molar-refractivity contribution in [3.05, 3.63) is 87.7 Å². The Hall–Kier alpha value is -2.88. The first-order valence-corrected chi connectivity index (χ1v) is 17.2. The van der Waals surface area contributed by atoms with Gasteiger partial charge >= 0.3 is 0 Å². The molecular formula is C26H24N4O5S5. The highest BCUT2D eigenvalue weighted by Crippen LogP contribution is 2.45. The summed E-state index contributed by atoms with van der Waals surface area (Å²) >= 11 is 6.17. The second kappa shape index (κ2) is 12.7. The number of nitrogens with one attached hydrogen (secondary N) is 3. The molecule has 9 nitrogen and oxygen atoms in total. The Morgan fingerprint density at radius 1 is 1.02 bits per heavy atom. The SMILES string of the molecule is COc1cccc(C(=O)NCc2ccc(S(=O)(=O)NNC(=O)c3csc(-c4ccc(C5SCCS5)cc4)n3)s2)c1. The van der Waals surface area contributed by atoms with Crippen LogP contribution in [0, 0.1) is 0 Å². The van der Waals surface area contributed by atoms with Crippen LogP contribution in [0.1, 0.15) is 35.9 Å². The summed E-state index contributed by atoms with van der Waals surface area (Å²) in [5.41, 5.74) is 4.92. The van der Waals surface area contributed by atoms with Gasteiger partial charge in [-0.2, -0.15) is 0 Å². The van der Waals surface area contributed by atoms with Crippen molar-refractivity contribution in [1.82, 2.24) is 20.6 Å². The molecule has 4 aromatic rings. The second-order valence-electron chi connectivity index (χ2n) is 8.43. The van der Waals surface area contributed by atoms with Crippen LogP contribution in [0.25, 0.3) is 10.6 Å². The van der Waals surface area contributed by atoms with Crippen LogP contribution in [0.2, 0.25) is 0 Å². The number of amides is 2. The minimum absolute atomic E-state index is 0.00363. The number of rotatable bonds is 10. The molecule has 0 spiro atoms. The molecule has 40 heavy (non-hydrogen) atoms. The van der Waals surface area contributed by atoms with E-state index in [1.54, 1.807) is 35.7 Å². The number of thioether (sulfide) groups is 2. The second-order valence-corrected chi connectivity index (χ2v) is 15.1. The molecule has 2 aromatic heterocycles. The van der Waals surface area contributed by atoms with Gasteiger partial charge in [-0.3, -0.25) is 15.0 Å². The normalized spacial score (nSPS) is 13.7. The molecule has 5 rings (SSSR count). The third kappa shape index (κ3) is 6.87. The van der Waals surface area contributed by atoms with Crippen LogP contribution in [-0.4, -0.2) is 43.8 Å². The highest BCUT2D eigenvalue weighted by Gasteiger charge is 2.21. The van der Waals surface area contributed by atoms with Crippen LogP contribution in [0.15, 0.2) is 70.3 Å².